The summed E-state index contributed by atoms with van der Waals surface area (Å²) in [7, 11) is -2.04. The Labute approximate surface area is 178 Å². The summed E-state index contributed by atoms with van der Waals surface area (Å²) in [6, 6.07) is 6.71. The molecule has 166 valence electrons. The summed E-state index contributed by atoms with van der Waals surface area (Å²) in [5.41, 5.74) is 0.924. The normalized spacial score (nSPS) is 20.5. The van der Waals surface area contributed by atoms with Gasteiger partial charge < -0.3 is 19.9 Å². The third-order valence-electron chi connectivity index (χ3n) is 5.34. The van der Waals surface area contributed by atoms with Crippen molar-refractivity contribution in [2.45, 2.75) is 37.3 Å². The highest BCUT2D eigenvalue weighted by molar-refractivity contribution is 7.89. The molecule has 0 saturated carbocycles. The maximum absolute atomic E-state index is 12.5. The summed E-state index contributed by atoms with van der Waals surface area (Å²) < 4.78 is 31.5. The van der Waals surface area contributed by atoms with Gasteiger partial charge in [0.25, 0.3) is 5.91 Å². The predicted molar refractivity (Wildman–Crippen MR) is 115 cm³/mol. The topological polar surface area (TPSA) is 103 Å². The lowest BCUT2D eigenvalue weighted by Crippen LogP contribution is -2.55. The molecule has 0 spiro atoms. The van der Waals surface area contributed by atoms with Crippen LogP contribution in [0.1, 0.15) is 25.3 Å². The Bertz CT molecular complexity index is 842. The molecule has 2 aliphatic heterocycles. The van der Waals surface area contributed by atoms with Crippen LogP contribution in [-0.2, 0) is 26.1 Å². The summed E-state index contributed by atoms with van der Waals surface area (Å²) in [6.45, 7) is 6.61. The molecular formula is C20H31N5O4S. The van der Waals surface area contributed by atoms with Gasteiger partial charge in [-0.2, -0.15) is 0 Å². The van der Waals surface area contributed by atoms with Gasteiger partial charge in [0.05, 0.1) is 11.4 Å². The van der Waals surface area contributed by atoms with E-state index in [4.69, 9.17) is 9.73 Å². The molecule has 1 atom stereocenters. The summed E-state index contributed by atoms with van der Waals surface area (Å²) in [6.07, 6.45) is 1.50. The minimum atomic E-state index is -3.44. The minimum Gasteiger partial charge on any atom is -0.368 e. The molecule has 3 rings (SSSR count). The number of nitrogens with zero attached hydrogens (tertiary/aromatic N) is 3. The SMILES string of the molecule is CCNC(=NCc1ccc(S(=O)(=O)NC)cc1)N1CCN(C(=O)C2CCCO2)CC1. The van der Waals surface area contributed by atoms with E-state index in [1.165, 1.54) is 7.05 Å². The van der Waals surface area contributed by atoms with Crippen LogP contribution in [0.25, 0.3) is 0 Å². The van der Waals surface area contributed by atoms with Crippen LogP contribution in [0.5, 0.6) is 0 Å². The maximum Gasteiger partial charge on any atom is 0.251 e. The standard InChI is InChI=1S/C20H31N5O4S/c1-3-22-20(23-15-16-6-8-17(9-7-16)30(27,28)21-2)25-12-10-24(11-13-25)19(26)18-5-4-14-29-18/h6-9,18,21H,3-5,10-15H2,1-2H3,(H,22,23). The van der Waals surface area contributed by atoms with Crippen molar-refractivity contribution in [2.75, 3.05) is 46.4 Å². The number of hydrogen-bond acceptors (Lipinski definition) is 5. The van der Waals surface area contributed by atoms with Crippen molar-refractivity contribution < 1.29 is 17.9 Å². The van der Waals surface area contributed by atoms with Crippen molar-refractivity contribution in [3.8, 4) is 0 Å². The summed E-state index contributed by atoms with van der Waals surface area (Å²) in [5, 5.41) is 3.31. The number of amides is 1. The highest BCUT2D eigenvalue weighted by atomic mass is 32.2. The molecule has 0 aliphatic carbocycles. The fourth-order valence-corrected chi connectivity index (χ4v) is 4.33. The lowest BCUT2D eigenvalue weighted by atomic mass is 10.2. The van der Waals surface area contributed by atoms with E-state index < -0.39 is 10.0 Å². The molecule has 2 fully saturated rings. The Morgan fingerprint density at radius 1 is 1.17 bits per heavy atom. The molecule has 1 unspecified atom stereocenters. The molecule has 2 N–H and O–H groups in total. The molecular weight excluding hydrogens is 406 g/mol. The Kier molecular flexibility index (Phi) is 7.68. The van der Waals surface area contributed by atoms with Gasteiger partial charge in [0.1, 0.15) is 6.10 Å². The Morgan fingerprint density at radius 2 is 1.83 bits per heavy atom. The second kappa shape index (κ2) is 10.2. The second-order valence-electron chi connectivity index (χ2n) is 7.34. The number of nitrogens with one attached hydrogen (secondary N) is 2. The van der Waals surface area contributed by atoms with Crippen LogP contribution in [0.15, 0.2) is 34.2 Å². The number of hydrogen-bond donors (Lipinski definition) is 2. The average molecular weight is 438 g/mol. The first-order chi connectivity index (χ1) is 14.4. The van der Waals surface area contributed by atoms with Gasteiger partial charge in [-0.05, 0) is 44.5 Å². The van der Waals surface area contributed by atoms with E-state index in [9.17, 15) is 13.2 Å². The van der Waals surface area contributed by atoms with Gasteiger partial charge in [0.2, 0.25) is 10.0 Å². The minimum absolute atomic E-state index is 0.103. The predicted octanol–water partition coefficient (Wildman–Crippen LogP) is 0.383. The van der Waals surface area contributed by atoms with Crippen LogP contribution in [-0.4, -0.2) is 82.6 Å². The third kappa shape index (κ3) is 5.50. The van der Waals surface area contributed by atoms with Gasteiger partial charge in [-0.15, -0.1) is 0 Å². The monoisotopic (exact) mass is 437 g/mol. The Balaban J connectivity index is 1.59. The van der Waals surface area contributed by atoms with E-state index in [-0.39, 0.29) is 16.9 Å². The molecule has 0 aromatic heterocycles. The first-order valence-corrected chi connectivity index (χ1v) is 11.9. The molecule has 10 heteroatoms. The molecule has 2 saturated heterocycles. The third-order valence-corrected chi connectivity index (χ3v) is 6.77. The smallest absolute Gasteiger partial charge is 0.251 e. The molecule has 30 heavy (non-hydrogen) atoms. The molecule has 1 amide bonds. The van der Waals surface area contributed by atoms with Crippen LogP contribution < -0.4 is 10.0 Å². The molecule has 1 aromatic carbocycles. The quantitative estimate of drug-likeness (QED) is 0.493. The summed E-state index contributed by atoms with van der Waals surface area (Å²) in [5.74, 6) is 0.902. The lowest BCUT2D eigenvalue weighted by molar-refractivity contribution is -0.142. The van der Waals surface area contributed by atoms with Gasteiger partial charge in [0, 0.05) is 39.3 Å². The van der Waals surface area contributed by atoms with Crippen LogP contribution in [0.4, 0.5) is 0 Å². The maximum atomic E-state index is 12.5. The number of carbonyl (C=O) groups is 1. The van der Waals surface area contributed by atoms with Crippen molar-refractivity contribution in [3.05, 3.63) is 29.8 Å². The van der Waals surface area contributed by atoms with Crippen LogP contribution >= 0.6 is 0 Å². The fraction of sp³-hybridized carbons (Fsp3) is 0.600. The Morgan fingerprint density at radius 3 is 2.40 bits per heavy atom. The molecule has 2 aliphatic rings. The first-order valence-electron chi connectivity index (χ1n) is 10.4. The highest BCUT2D eigenvalue weighted by Crippen LogP contribution is 2.16. The largest absolute Gasteiger partial charge is 0.368 e. The Hall–Kier alpha value is -2.17. The van der Waals surface area contributed by atoms with Gasteiger partial charge in [-0.1, -0.05) is 12.1 Å². The molecule has 0 bridgehead atoms. The highest BCUT2D eigenvalue weighted by Gasteiger charge is 2.30. The second-order valence-corrected chi connectivity index (χ2v) is 9.22. The number of ether oxygens (including phenoxy) is 1. The lowest BCUT2D eigenvalue weighted by Gasteiger charge is -2.37. The van der Waals surface area contributed by atoms with Gasteiger partial charge >= 0.3 is 0 Å². The zero-order chi connectivity index (χ0) is 21.6. The van der Waals surface area contributed by atoms with E-state index in [0.29, 0.717) is 39.3 Å². The number of sulfonamides is 1. The van der Waals surface area contributed by atoms with Gasteiger partial charge in [-0.3, -0.25) is 4.79 Å². The zero-order valence-corrected chi connectivity index (χ0v) is 18.5. The van der Waals surface area contributed by atoms with E-state index in [0.717, 1.165) is 30.9 Å². The van der Waals surface area contributed by atoms with E-state index in [2.05, 4.69) is 14.9 Å². The number of aliphatic imine (C=N–C) groups is 1. The van der Waals surface area contributed by atoms with E-state index >= 15 is 0 Å². The molecule has 1 aromatic rings. The van der Waals surface area contributed by atoms with Crippen LogP contribution in [0, 0.1) is 0 Å². The van der Waals surface area contributed by atoms with Gasteiger partial charge in [0.15, 0.2) is 5.96 Å². The molecule has 9 nitrogen and oxygen atoms in total. The summed E-state index contributed by atoms with van der Waals surface area (Å²) >= 11 is 0. The number of benzene rings is 1. The molecule has 0 radical (unpaired) electrons. The van der Waals surface area contributed by atoms with E-state index in [1.807, 2.05) is 11.8 Å². The van der Waals surface area contributed by atoms with Crippen molar-refractivity contribution in [1.29, 1.82) is 0 Å². The van der Waals surface area contributed by atoms with Crippen molar-refractivity contribution >= 4 is 21.9 Å². The van der Waals surface area contributed by atoms with E-state index in [1.54, 1.807) is 24.3 Å². The zero-order valence-electron chi connectivity index (χ0n) is 17.6. The van der Waals surface area contributed by atoms with Gasteiger partial charge in [-0.25, -0.2) is 18.1 Å². The number of rotatable bonds is 6. The number of carbonyl (C=O) groups excluding carboxylic acids is 1. The number of guanidine groups is 1. The molecule has 2 heterocycles. The van der Waals surface area contributed by atoms with Crippen molar-refractivity contribution in [1.82, 2.24) is 19.8 Å². The average Bonchev–Trinajstić information content (AvgIpc) is 3.31. The fourth-order valence-electron chi connectivity index (χ4n) is 3.60. The van der Waals surface area contributed by atoms with Crippen molar-refractivity contribution in [2.24, 2.45) is 4.99 Å². The van der Waals surface area contributed by atoms with Crippen LogP contribution in [0.3, 0.4) is 0 Å². The number of piperazine rings is 1. The van der Waals surface area contributed by atoms with Crippen LogP contribution in [0.2, 0.25) is 0 Å². The van der Waals surface area contributed by atoms with Crippen molar-refractivity contribution in [3.63, 3.8) is 0 Å². The first kappa shape index (κ1) is 22.5. The summed E-state index contributed by atoms with van der Waals surface area (Å²) in [4.78, 5) is 21.5.